The Labute approximate surface area is 119 Å². The van der Waals surface area contributed by atoms with Crippen LogP contribution < -0.4 is 5.32 Å². The molecule has 1 aliphatic carbocycles. The van der Waals surface area contributed by atoms with Gasteiger partial charge in [-0.05, 0) is 48.8 Å². The van der Waals surface area contributed by atoms with E-state index in [4.69, 9.17) is 5.11 Å². The van der Waals surface area contributed by atoms with Crippen LogP contribution in [0.1, 0.15) is 42.4 Å². The van der Waals surface area contributed by atoms with Crippen molar-refractivity contribution >= 4 is 11.9 Å². The van der Waals surface area contributed by atoms with Crippen LogP contribution in [-0.4, -0.2) is 23.5 Å². The van der Waals surface area contributed by atoms with Crippen molar-refractivity contribution in [3.05, 3.63) is 34.9 Å². The van der Waals surface area contributed by atoms with Crippen molar-refractivity contribution in [1.82, 2.24) is 5.32 Å². The molecule has 4 nitrogen and oxygen atoms in total. The first-order valence-electron chi connectivity index (χ1n) is 7.24. The molecule has 0 saturated heterocycles. The van der Waals surface area contributed by atoms with Gasteiger partial charge < -0.3 is 10.4 Å². The van der Waals surface area contributed by atoms with Crippen molar-refractivity contribution in [3.8, 4) is 0 Å². The number of amides is 1. The molecule has 0 saturated carbocycles. The Morgan fingerprint density at radius 2 is 1.95 bits per heavy atom. The summed E-state index contributed by atoms with van der Waals surface area (Å²) in [5.41, 5.74) is 3.87. The first-order valence-corrected chi connectivity index (χ1v) is 7.24. The summed E-state index contributed by atoms with van der Waals surface area (Å²) in [6.07, 6.45) is 5.39. The van der Waals surface area contributed by atoms with E-state index in [0.717, 1.165) is 18.4 Å². The number of hydrogen-bond donors (Lipinski definition) is 2. The van der Waals surface area contributed by atoms with Gasteiger partial charge in [-0.1, -0.05) is 18.2 Å². The molecular weight excluding hydrogens is 254 g/mol. The van der Waals surface area contributed by atoms with Crippen molar-refractivity contribution in [2.75, 3.05) is 6.54 Å². The van der Waals surface area contributed by atoms with Crippen LogP contribution in [0.3, 0.4) is 0 Å². The van der Waals surface area contributed by atoms with Crippen molar-refractivity contribution in [1.29, 1.82) is 0 Å². The van der Waals surface area contributed by atoms with Crippen LogP contribution in [0.5, 0.6) is 0 Å². The van der Waals surface area contributed by atoms with Crippen LogP contribution in [0.4, 0.5) is 0 Å². The van der Waals surface area contributed by atoms with Gasteiger partial charge in [0.2, 0.25) is 5.91 Å². The maximum atomic E-state index is 11.8. The summed E-state index contributed by atoms with van der Waals surface area (Å²) in [6, 6.07) is 6.32. The number of benzene rings is 1. The monoisotopic (exact) mass is 275 g/mol. The molecule has 0 unspecified atom stereocenters. The first kappa shape index (κ1) is 14.6. The number of carboxylic acids is 1. The van der Waals surface area contributed by atoms with Gasteiger partial charge >= 0.3 is 5.97 Å². The molecule has 1 aromatic carbocycles. The van der Waals surface area contributed by atoms with E-state index < -0.39 is 5.97 Å². The van der Waals surface area contributed by atoms with E-state index in [1.54, 1.807) is 0 Å². The van der Waals surface area contributed by atoms with Crippen LogP contribution in [0.2, 0.25) is 0 Å². The van der Waals surface area contributed by atoms with Crippen molar-refractivity contribution in [3.63, 3.8) is 0 Å². The highest BCUT2D eigenvalue weighted by atomic mass is 16.4. The molecule has 2 N–H and O–H groups in total. The molecule has 0 aromatic heterocycles. The van der Waals surface area contributed by atoms with Crippen LogP contribution >= 0.6 is 0 Å². The number of fused-ring (bicyclic) bond motifs is 1. The fourth-order valence-electron chi connectivity index (χ4n) is 2.61. The van der Waals surface area contributed by atoms with Crippen LogP contribution in [0.25, 0.3) is 0 Å². The van der Waals surface area contributed by atoms with Crippen molar-refractivity contribution < 1.29 is 14.7 Å². The Morgan fingerprint density at radius 3 is 2.75 bits per heavy atom. The second-order valence-corrected chi connectivity index (χ2v) is 5.33. The minimum absolute atomic E-state index is 0.0123. The van der Waals surface area contributed by atoms with Crippen molar-refractivity contribution in [2.24, 2.45) is 0 Å². The molecule has 0 bridgehead atoms. The minimum atomic E-state index is -0.783. The average Bonchev–Trinajstić information content (AvgIpc) is 2.85. The lowest BCUT2D eigenvalue weighted by Gasteiger charge is -2.06. The molecule has 1 amide bonds. The maximum absolute atomic E-state index is 11.8. The zero-order valence-corrected chi connectivity index (χ0v) is 11.7. The normalized spacial score (nSPS) is 13.0. The van der Waals surface area contributed by atoms with Crippen LogP contribution in [0.15, 0.2) is 18.2 Å². The molecule has 0 atom stereocenters. The largest absolute Gasteiger partial charge is 0.481 e. The SMILES string of the molecule is O=C(O)CCCCNC(=O)Cc1ccc2c(c1)CCC2. The highest BCUT2D eigenvalue weighted by Gasteiger charge is 2.12. The molecule has 2 rings (SSSR count). The number of aryl methyl sites for hydroxylation is 2. The summed E-state index contributed by atoms with van der Waals surface area (Å²) in [6.45, 7) is 0.553. The number of carbonyl (C=O) groups is 2. The molecule has 108 valence electrons. The topological polar surface area (TPSA) is 66.4 Å². The Balaban J connectivity index is 1.70. The molecule has 0 radical (unpaired) electrons. The second kappa shape index (κ2) is 7.08. The summed E-state index contributed by atoms with van der Waals surface area (Å²) in [5, 5.41) is 11.3. The van der Waals surface area contributed by atoms with Gasteiger partial charge in [0.1, 0.15) is 0 Å². The molecule has 0 heterocycles. The number of aliphatic carboxylic acids is 1. The third kappa shape index (κ3) is 4.37. The molecule has 1 aromatic rings. The Kier molecular flexibility index (Phi) is 5.16. The highest BCUT2D eigenvalue weighted by Crippen LogP contribution is 2.22. The van der Waals surface area contributed by atoms with Gasteiger partial charge in [0.05, 0.1) is 6.42 Å². The standard InChI is InChI=1S/C16H21NO3/c18-15(17-9-2-1-6-16(19)20)11-12-7-8-13-4-3-5-14(13)10-12/h7-8,10H,1-6,9,11H2,(H,17,18)(H,19,20). The maximum Gasteiger partial charge on any atom is 0.303 e. The van der Waals surface area contributed by atoms with Gasteiger partial charge in [-0.15, -0.1) is 0 Å². The Hall–Kier alpha value is -1.84. The number of carboxylic acid groups (broad SMARTS) is 1. The third-order valence-electron chi connectivity index (χ3n) is 3.67. The first-order chi connectivity index (χ1) is 9.65. The van der Waals surface area contributed by atoms with Gasteiger partial charge in [-0.25, -0.2) is 0 Å². The lowest BCUT2D eigenvalue weighted by Crippen LogP contribution is -2.26. The fourth-order valence-corrected chi connectivity index (χ4v) is 2.61. The van der Waals surface area contributed by atoms with Crippen LogP contribution in [-0.2, 0) is 28.9 Å². The van der Waals surface area contributed by atoms with Gasteiger partial charge in [0.15, 0.2) is 0 Å². The lowest BCUT2D eigenvalue weighted by molar-refractivity contribution is -0.137. The number of hydrogen-bond acceptors (Lipinski definition) is 2. The molecule has 0 aliphatic heterocycles. The quantitative estimate of drug-likeness (QED) is 0.749. The van der Waals surface area contributed by atoms with Gasteiger partial charge in [0, 0.05) is 13.0 Å². The van der Waals surface area contributed by atoms with E-state index in [1.807, 2.05) is 6.07 Å². The number of carbonyl (C=O) groups excluding carboxylic acids is 1. The fraction of sp³-hybridized carbons (Fsp3) is 0.500. The summed E-state index contributed by atoms with van der Waals surface area (Å²) in [5.74, 6) is -0.771. The summed E-state index contributed by atoms with van der Waals surface area (Å²) < 4.78 is 0. The zero-order valence-electron chi connectivity index (χ0n) is 11.7. The van der Waals surface area contributed by atoms with E-state index in [2.05, 4.69) is 17.4 Å². The van der Waals surface area contributed by atoms with E-state index in [0.29, 0.717) is 25.8 Å². The molecular formula is C16H21NO3. The smallest absolute Gasteiger partial charge is 0.303 e. The summed E-state index contributed by atoms with van der Waals surface area (Å²) >= 11 is 0. The van der Waals surface area contributed by atoms with Crippen LogP contribution in [0, 0.1) is 0 Å². The summed E-state index contributed by atoms with van der Waals surface area (Å²) in [4.78, 5) is 22.1. The number of unbranched alkanes of at least 4 members (excludes halogenated alkanes) is 1. The van der Waals surface area contributed by atoms with Gasteiger partial charge in [-0.3, -0.25) is 9.59 Å². The van der Waals surface area contributed by atoms with E-state index in [9.17, 15) is 9.59 Å². The van der Waals surface area contributed by atoms with Crippen molar-refractivity contribution in [2.45, 2.75) is 44.9 Å². The number of nitrogens with one attached hydrogen (secondary N) is 1. The lowest BCUT2D eigenvalue weighted by atomic mass is 10.0. The van der Waals surface area contributed by atoms with Gasteiger partial charge in [-0.2, -0.15) is 0 Å². The molecule has 1 aliphatic rings. The van der Waals surface area contributed by atoms with E-state index in [1.165, 1.54) is 17.5 Å². The minimum Gasteiger partial charge on any atom is -0.481 e. The Bertz CT molecular complexity index is 496. The second-order valence-electron chi connectivity index (χ2n) is 5.33. The summed E-state index contributed by atoms with van der Waals surface area (Å²) in [7, 11) is 0. The molecule has 0 fully saturated rings. The predicted octanol–water partition coefficient (Wildman–Crippen LogP) is 2.09. The Morgan fingerprint density at radius 1 is 1.15 bits per heavy atom. The van der Waals surface area contributed by atoms with E-state index in [-0.39, 0.29) is 12.3 Å². The average molecular weight is 275 g/mol. The molecule has 20 heavy (non-hydrogen) atoms. The molecule has 0 spiro atoms. The number of rotatable bonds is 7. The zero-order chi connectivity index (χ0) is 14.4. The molecule has 4 heteroatoms. The predicted molar refractivity (Wildman–Crippen MR) is 76.7 cm³/mol. The van der Waals surface area contributed by atoms with E-state index >= 15 is 0 Å². The van der Waals surface area contributed by atoms with Gasteiger partial charge in [0.25, 0.3) is 0 Å². The highest BCUT2D eigenvalue weighted by molar-refractivity contribution is 5.78. The third-order valence-corrected chi connectivity index (χ3v) is 3.67.